The molecule has 0 N–H and O–H groups in total. The fraction of sp³-hybridized carbons (Fsp3) is 0.538. The maximum atomic E-state index is 12.5. The first kappa shape index (κ1) is 13.1. The molecule has 2 rings (SSSR count). The van der Waals surface area contributed by atoms with Crippen LogP contribution in [0.4, 0.5) is 13.2 Å². The minimum absolute atomic E-state index is 0.307. The zero-order valence-electron chi connectivity index (χ0n) is 9.86. The lowest BCUT2D eigenvalue weighted by Gasteiger charge is -2.11. The molecule has 0 bridgehead atoms. The van der Waals surface area contributed by atoms with E-state index in [1.54, 1.807) is 6.07 Å². The molecule has 0 atom stereocenters. The largest absolute Gasteiger partial charge is 0.416 e. The van der Waals surface area contributed by atoms with Gasteiger partial charge in [-0.2, -0.15) is 13.2 Å². The molecule has 0 heterocycles. The number of aryl methyl sites for hydroxylation is 1. The van der Waals surface area contributed by atoms with Crippen molar-refractivity contribution < 1.29 is 13.2 Å². The first-order valence-electron chi connectivity index (χ1n) is 5.66. The fourth-order valence-corrected chi connectivity index (χ4v) is 1.62. The summed E-state index contributed by atoms with van der Waals surface area (Å²) >= 11 is 0. The van der Waals surface area contributed by atoms with E-state index in [0.29, 0.717) is 11.5 Å². The number of benzene rings is 1. The Labute approximate surface area is 94.5 Å². The molecule has 1 aliphatic rings. The van der Waals surface area contributed by atoms with E-state index in [-0.39, 0.29) is 0 Å². The van der Waals surface area contributed by atoms with Gasteiger partial charge in [-0.05, 0) is 42.9 Å². The summed E-state index contributed by atoms with van der Waals surface area (Å²) in [5, 5.41) is 0. The van der Waals surface area contributed by atoms with E-state index < -0.39 is 11.7 Å². The first-order chi connectivity index (χ1) is 7.48. The topological polar surface area (TPSA) is 0 Å². The summed E-state index contributed by atoms with van der Waals surface area (Å²) in [6.45, 7) is 5.50. The van der Waals surface area contributed by atoms with Gasteiger partial charge in [-0.25, -0.2) is 0 Å². The zero-order valence-corrected chi connectivity index (χ0v) is 9.86. The molecule has 3 heteroatoms. The highest BCUT2D eigenvalue weighted by atomic mass is 19.4. The normalized spacial score (nSPS) is 15.4. The monoisotopic (exact) mass is 230 g/mol. The molecule has 0 saturated heterocycles. The van der Waals surface area contributed by atoms with E-state index in [9.17, 15) is 13.2 Å². The molecular formula is C13H17F3. The van der Waals surface area contributed by atoms with Crippen LogP contribution in [0.2, 0.25) is 0 Å². The number of alkyl halides is 3. The van der Waals surface area contributed by atoms with Crippen LogP contribution >= 0.6 is 0 Å². The molecule has 1 aliphatic carbocycles. The minimum Gasteiger partial charge on any atom is -0.166 e. The lowest BCUT2D eigenvalue weighted by atomic mass is 10.0. The molecule has 0 spiro atoms. The third kappa shape index (κ3) is 3.00. The Morgan fingerprint density at radius 3 is 2.12 bits per heavy atom. The third-order valence-electron chi connectivity index (χ3n) is 2.62. The zero-order chi connectivity index (χ0) is 12.3. The average Bonchev–Trinajstić information content (AvgIpc) is 3.03. The molecule has 16 heavy (non-hydrogen) atoms. The van der Waals surface area contributed by atoms with Gasteiger partial charge in [-0.3, -0.25) is 0 Å². The molecule has 1 aromatic carbocycles. The van der Waals surface area contributed by atoms with Gasteiger partial charge in [-0.15, -0.1) is 0 Å². The summed E-state index contributed by atoms with van der Waals surface area (Å²) in [6.07, 6.45) is -2.16. The van der Waals surface area contributed by atoms with Crippen LogP contribution in [-0.4, -0.2) is 0 Å². The van der Waals surface area contributed by atoms with Crippen LogP contribution in [0.3, 0.4) is 0 Å². The summed E-state index contributed by atoms with van der Waals surface area (Å²) in [7, 11) is 0. The van der Waals surface area contributed by atoms with Crippen molar-refractivity contribution in [1.29, 1.82) is 0 Å². The summed E-state index contributed by atoms with van der Waals surface area (Å²) in [4.78, 5) is 0. The molecule has 1 aromatic rings. The van der Waals surface area contributed by atoms with Gasteiger partial charge in [0.15, 0.2) is 0 Å². The van der Waals surface area contributed by atoms with Gasteiger partial charge in [0, 0.05) is 0 Å². The van der Waals surface area contributed by atoms with Crippen LogP contribution in [0.1, 0.15) is 49.3 Å². The number of halogens is 3. The second kappa shape index (κ2) is 4.89. The molecule has 1 saturated carbocycles. The summed E-state index contributed by atoms with van der Waals surface area (Å²) in [5.74, 6) is 0.372. The highest BCUT2D eigenvalue weighted by Crippen LogP contribution is 2.42. The fourth-order valence-electron chi connectivity index (χ4n) is 1.62. The Bertz CT molecular complexity index is 349. The lowest BCUT2D eigenvalue weighted by Crippen LogP contribution is -2.07. The van der Waals surface area contributed by atoms with Crippen molar-refractivity contribution in [2.45, 2.75) is 45.7 Å². The van der Waals surface area contributed by atoms with E-state index >= 15 is 0 Å². The highest BCUT2D eigenvalue weighted by molar-refractivity contribution is 5.36. The Hall–Kier alpha value is -0.990. The lowest BCUT2D eigenvalue weighted by molar-refractivity contribution is -0.138. The van der Waals surface area contributed by atoms with Gasteiger partial charge in [0.1, 0.15) is 0 Å². The molecule has 0 amide bonds. The molecule has 1 fully saturated rings. The standard InChI is InChI=1S/C11H11F3.C2H6/c1-7-2-3-9(8-4-5-8)6-10(7)11(12,13)14;1-2/h2-3,6,8H,4-5H2,1H3;1-2H3. The molecule has 0 nitrogen and oxygen atoms in total. The second-order valence-electron chi connectivity index (χ2n) is 3.85. The van der Waals surface area contributed by atoms with Gasteiger partial charge >= 0.3 is 6.18 Å². The highest BCUT2D eigenvalue weighted by Gasteiger charge is 2.34. The van der Waals surface area contributed by atoms with Crippen LogP contribution in [0.5, 0.6) is 0 Å². The molecule has 0 aromatic heterocycles. The van der Waals surface area contributed by atoms with Crippen LogP contribution in [-0.2, 0) is 6.18 Å². The molecule has 0 aliphatic heterocycles. The Morgan fingerprint density at radius 1 is 1.12 bits per heavy atom. The van der Waals surface area contributed by atoms with Gasteiger partial charge in [-0.1, -0.05) is 26.0 Å². The van der Waals surface area contributed by atoms with Crippen molar-refractivity contribution in [2.24, 2.45) is 0 Å². The SMILES string of the molecule is CC.Cc1ccc(C2CC2)cc1C(F)(F)F. The van der Waals surface area contributed by atoms with Crippen molar-refractivity contribution in [2.75, 3.05) is 0 Å². The predicted octanol–water partition coefficient (Wildman–Crippen LogP) is 4.92. The van der Waals surface area contributed by atoms with E-state index in [4.69, 9.17) is 0 Å². The Balaban J connectivity index is 0.000000606. The minimum atomic E-state index is -4.21. The third-order valence-corrected chi connectivity index (χ3v) is 2.62. The van der Waals surface area contributed by atoms with Crippen molar-refractivity contribution >= 4 is 0 Å². The van der Waals surface area contributed by atoms with E-state index in [2.05, 4.69) is 0 Å². The van der Waals surface area contributed by atoms with Crippen molar-refractivity contribution in [3.63, 3.8) is 0 Å². The maximum absolute atomic E-state index is 12.5. The van der Waals surface area contributed by atoms with Crippen molar-refractivity contribution in [3.05, 3.63) is 34.9 Å². The smallest absolute Gasteiger partial charge is 0.166 e. The van der Waals surface area contributed by atoms with Gasteiger partial charge < -0.3 is 0 Å². The summed E-state index contributed by atoms with van der Waals surface area (Å²) in [5.41, 5.74) is 0.659. The molecular weight excluding hydrogens is 213 g/mol. The maximum Gasteiger partial charge on any atom is 0.416 e. The van der Waals surface area contributed by atoms with Gasteiger partial charge in [0.25, 0.3) is 0 Å². The summed E-state index contributed by atoms with van der Waals surface area (Å²) < 4.78 is 37.5. The van der Waals surface area contributed by atoms with Crippen LogP contribution in [0.15, 0.2) is 18.2 Å². The summed E-state index contributed by atoms with van der Waals surface area (Å²) in [6, 6.07) is 4.67. The average molecular weight is 230 g/mol. The van der Waals surface area contributed by atoms with E-state index in [0.717, 1.165) is 18.4 Å². The predicted molar refractivity (Wildman–Crippen MR) is 59.5 cm³/mol. The van der Waals surface area contributed by atoms with Gasteiger partial charge in [0.2, 0.25) is 0 Å². The van der Waals surface area contributed by atoms with E-state index in [1.165, 1.54) is 13.0 Å². The van der Waals surface area contributed by atoms with Gasteiger partial charge in [0.05, 0.1) is 5.56 Å². The number of rotatable bonds is 1. The molecule has 0 radical (unpaired) electrons. The van der Waals surface area contributed by atoms with Crippen LogP contribution in [0, 0.1) is 6.92 Å². The second-order valence-corrected chi connectivity index (χ2v) is 3.85. The molecule has 0 unspecified atom stereocenters. The number of hydrogen-bond acceptors (Lipinski definition) is 0. The Kier molecular flexibility index (Phi) is 4.00. The van der Waals surface area contributed by atoms with Crippen molar-refractivity contribution in [1.82, 2.24) is 0 Å². The van der Waals surface area contributed by atoms with Crippen molar-refractivity contribution in [3.8, 4) is 0 Å². The Morgan fingerprint density at radius 2 is 1.69 bits per heavy atom. The molecule has 90 valence electrons. The van der Waals surface area contributed by atoms with Crippen LogP contribution < -0.4 is 0 Å². The van der Waals surface area contributed by atoms with E-state index in [1.807, 2.05) is 19.9 Å². The number of hydrogen-bond donors (Lipinski definition) is 0. The van der Waals surface area contributed by atoms with Crippen LogP contribution in [0.25, 0.3) is 0 Å². The quantitative estimate of drug-likeness (QED) is 0.642. The first-order valence-corrected chi connectivity index (χ1v) is 5.66.